The van der Waals surface area contributed by atoms with Crippen LogP contribution in [-0.2, 0) is 4.79 Å². The second kappa shape index (κ2) is 5.72. The third-order valence-electron chi connectivity index (χ3n) is 2.12. The number of rotatable bonds is 6. The van der Waals surface area contributed by atoms with E-state index in [9.17, 15) is 9.59 Å². The highest BCUT2D eigenvalue weighted by atomic mass is 16.5. The number of amides is 1. The first-order valence-electron chi connectivity index (χ1n) is 4.99. The number of ether oxygens (including phenoxy) is 2. The fourth-order valence-corrected chi connectivity index (χ4v) is 1.25. The Labute approximate surface area is 104 Å². The summed E-state index contributed by atoms with van der Waals surface area (Å²) in [5, 5.41) is 8.82. The van der Waals surface area contributed by atoms with Crippen LogP contribution in [0.1, 0.15) is 10.4 Å². The van der Waals surface area contributed by atoms with Gasteiger partial charge >= 0.3 is 5.97 Å². The summed E-state index contributed by atoms with van der Waals surface area (Å²) >= 11 is 0. The van der Waals surface area contributed by atoms with E-state index < -0.39 is 18.0 Å². The maximum atomic E-state index is 11.1. The van der Waals surface area contributed by atoms with E-state index in [4.69, 9.17) is 20.3 Å². The van der Waals surface area contributed by atoms with Crippen molar-refractivity contribution in [2.75, 3.05) is 7.11 Å². The second-order valence-corrected chi connectivity index (χ2v) is 3.37. The predicted molar refractivity (Wildman–Crippen MR) is 63.8 cm³/mol. The number of hydrogen-bond donors (Lipinski definition) is 2. The predicted octanol–water partition coefficient (Wildman–Crippen LogP) is 0.812. The molecule has 6 heteroatoms. The highest BCUT2D eigenvalue weighted by molar-refractivity contribution is 5.93. The van der Waals surface area contributed by atoms with Crippen LogP contribution in [0.25, 0.3) is 0 Å². The van der Waals surface area contributed by atoms with E-state index in [0.29, 0.717) is 5.75 Å². The largest absolute Gasteiger partial charge is 0.497 e. The SMILES string of the molecule is C=CC(Oc1cc(OC)cc(C(N)=O)c1)C(=O)O. The molecule has 0 bridgehead atoms. The Morgan fingerprint density at radius 1 is 1.39 bits per heavy atom. The smallest absolute Gasteiger partial charge is 0.349 e. The van der Waals surface area contributed by atoms with Crippen molar-refractivity contribution in [1.82, 2.24) is 0 Å². The molecule has 0 aliphatic rings. The van der Waals surface area contributed by atoms with Crippen molar-refractivity contribution < 1.29 is 24.2 Å². The zero-order valence-electron chi connectivity index (χ0n) is 9.75. The first kappa shape index (κ1) is 13.6. The molecule has 1 unspecified atom stereocenters. The molecule has 1 atom stereocenters. The van der Waals surface area contributed by atoms with Gasteiger partial charge in [-0.15, -0.1) is 0 Å². The van der Waals surface area contributed by atoms with Crippen molar-refractivity contribution in [1.29, 1.82) is 0 Å². The molecule has 96 valence electrons. The molecule has 1 amide bonds. The average molecular weight is 251 g/mol. The molecule has 0 spiro atoms. The van der Waals surface area contributed by atoms with Gasteiger partial charge in [0.05, 0.1) is 7.11 Å². The molecule has 3 N–H and O–H groups in total. The normalized spacial score (nSPS) is 11.4. The maximum absolute atomic E-state index is 11.1. The molecule has 6 nitrogen and oxygen atoms in total. The van der Waals surface area contributed by atoms with Gasteiger partial charge in [-0.05, 0) is 18.2 Å². The first-order valence-corrected chi connectivity index (χ1v) is 4.99. The molecular weight excluding hydrogens is 238 g/mol. The van der Waals surface area contributed by atoms with E-state index in [1.165, 1.54) is 25.3 Å². The summed E-state index contributed by atoms with van der Waals surface area (Å²) in [6.07, 6.45) is -0.0796. The van der Waals surface area contributed by atoms with Crippen LogP contribution in [0, 0.1) is 0 Å². The van der Waals surface area contributed by atoms with Crippen molar-refractivity contribution in [2.45, 2.75) is 6.10 Å². The van der Waals surface area contributed by atoms with Gasteiger partial charge in [0.2, 0.25) is 12.0 Å². The van der Waals surface area contributed by atoms with Crippen LogP contribution in [0.3, 0.4) is 0 Å². The third-order valence-corrected chi connectivity index (χ3v) is 2.12. The van der Waals surface area contributed by atoms with Gasteiger partial charge in [-0.25, -0.2) is 4.79 Å². The quantitative estimate of drug-likeness (QED) is 0.729. The van der Waals surface area contributed by atoms with E-state index in [1.807, 2.05) is 0 Å². The Kier molecular flexibility index (Phi) is 4.31. The van der Waals surface area contributed by atoms with Gasteiger partial charge in [0.25, 0.3) is 0 Å². The minimum Gasteiger partial charge on any atom is -0.497 e. The first-order chi connectivity index (χ1) is 8.47. The molecule has 0 aliphatic heterocycles. The number of carbonyl (C=O) groups excluding carboxylic acids is 1. The third kappa shape index (κ3) is 3.24. The number of primary amides is 1. The fraction of sp³-hybridized carbons (Fsp3) is 0.167. The van der Waals surface area contributed by atoms with Crippen LogP contribution >= 0.6 is 0 Å². The van der Waals surface area contributed by atoms with Crippen molar-refractivity contribution >= 4 is 11.9 Å². The molecule has 0 aliphatic carbocycles. The molecule has 0 heterocycles. The van der Waals surface area contributed by atoms with E-state index in [0.717, 1.165) is 6.08 Å². The number of carboxylic acids is 1. The lowest BCUT2D eigenvalue weighted by molar-refractivity contribution is -0.142. The minimum absolute atomic E-state index is 0.162. The van der Waals surface area contributed by atoms with Gasteiger partial charge in [0.15, 0.2) is 0 Å². The zero-order valence-corrected chi connectivity index (χ0v) is 9.75. The number of hydrogen-bond acceptors (Lipinski definition) is 4. The highest BCUT2D eigenvalue weighted by Crippen LogP contribution is 2.23. The maximum Gasteiger partial charge on any atom is 0.349 e. The van der Waals surface area contributed by atoms with E-state index in [-0.39, 0.29) is 11.3 Å². The zero-order chi connectivity index (χ0) is 13.7. The summed E-state index contributed by atoms with van der Waals surface area (Å²) in [5.41, 5.74) is 5.31. The van der Waals surface area contributed by atoms with Crippen LogP contribution in [0.4, 0.5) is 0 Å². The molecule has 0 radical (unpaired) electrons. The molecule has 0 aromatic heterocycles. The lowest BCUT2D eigenvalue weighted by Gasteiger charge is -2.13. The van der Waals surface area contributed by atoms with E-state index in [1.54, 1.807) is 0 Å². The molecular formula is C12H13NO5. The van der Waals surface area contributed by atoms with Crippen LogP contribution in [-0.4, -0.2) is 30.2 Å². The molecule has 0 fully saturated rings. The Balaban J connectivity index is 3.08. The van der Waals surface area contributed by atoms with Crippen LogP contribution in [0.15, 0.2) is 30.9 Å². The number of nitrogens with two attached hydrogens (primary N) is 1. The topological polar surface area (TPSA) is 98.9 Å². The van der Waals surface area contributed by atoms with Crippen molar-refractivity contribution in [3.8, 4) is 11.5 Å². The van der Waals surface area contributed by atoms with Crippen molar-refractivity contribution in [3.63, 3.8) is 0 Å². The number of carboxylic acid groups (broad SMARTS) is 1. The minimum atomic E-state index is -1.21. The lowest BCUT2D eigenvalue weighted by atomic mass is 10.2. The standard InChI is InChI=1S/C12H13NO5/c1-3-10(12(15)16)18-9-5-7(11(13)14)4-8(6-9)17-2/h3-6,10H,1H2,2H3,(H2,13,14)(H,15,16). The molecule has 0 saturated heterocycles. The van der Waals surface area contributed by atoms with Gasteiger partial charge in [0, 0.05) is 11.6 Å². The second-order valence-electron chi connectivity index (χ2n) is 3.37. The summed E-state index contributed by atoms with van der Waals surface area (Å²) < 4.78 is 10.1. The Hall–Kier alpha value is -2.50. The Bertz CT molecular complexity index is 483. The summed E-state index contributed by atoms with van der Waals surface area (Å²) in [7, 11) is 1.41. The Morgan fingerprint density at radius 3 is 2.44 bits per heavy atom. The van der Waals surface area contributed by atoms with Gasteiger partial charge in [-0.3, -0.25) is 4.79 Å². The lowest BCUT2D eigenvalue weighted by Crippen LogP contribution is -2.24. The molecule has 18 heavy (non-hydrogen) atoms. The van der Waals surface area contributed by atoms with Crippen LogP contribution in [0.2, 0.25) is 0 Å². The monoisotopic (exact) mass is 251 g/mol. The van der Waals surface area contributed by atoms with Gasteiger partial charge in [0.1, 0.15) is 11.5 Å². The number of carbonyl (C=O) groups is 2. The van der Waals surface area contributed by atoms with Gasteiger partial charge in [-0.1, -0.05) is 6.58 Å². The molecule has 0 saturated carbocycles. The molecule has 1 aromatic carbocycles. The summed E-state index contributed by atoms with van der Waals surface area (Å²) in [5.74, 6) is -1.34. The van der Waals surface area contributed by atoms with E-state index in [2.05, 4.69) is 6.58 Å². The van der Waals surface area contributed by atoms with Crippen molar-refractivity contribution in [2.24, 2.45) is 5.73 Å². The summed E-state index contributed by atoms with van der Waals surface area (Å²) in [6.45, 7) is 3.35. The fourth-order valence-electron chi connectivity index (χ4n) is 1.25. The molecule has 1 rings (SSSR count). The van der Waals surface area contributed by atoms with Gasteiger partial charge in [-0.2, -0.15) is 0 Å². The summed E-state index contributed by atoms with van der Waals surface area (Å²) in [6, 6.07) is 4.22. The van der Waals surface area contributed by atoms with Gasteiger partial charge < -0.3 is 20.3 Å². The van der Waals surface area contributed by atoms with Crippen LogP contribution in [0.5, 0.6) is 11.5 Å². The number of benzene rings is 1. The van der Waals surface area contributed by atoms with Crippen LogP contribution < -0.4 is 15.2 Å². The Morgan fingerprint density at radius 2 is 2.00 bits per heavy atom. The number of methoxy groups -OCH3 is 1. The van der Waals surface area contributed by atoms with Crippen molar-refractivity contribution in [3.05, 3.63) is 36.4 Å². The average Bonchev–Trinajstić information content (AvgIpc) is 2.34. The summed E-state index contributed by atoms with van der Waals surface area (Å²) in [4.78, 5) is 21.9. The van der Waals surface area contributed by atoms with E-state index >= 15 is 0 Å². The highest BCUT2D eigenvalue weighted by Gasteiger charge is 2.16. The molecule has 1 aromatic rings. The number of aliphatic carboxylic acids is 1.